The highest BCUT2D eigenvalue weighted by molar-refractivity contribution is 6.60. The van der Waals surface area contributed by atoms with Gasteiger partial charge >= 0.3 is 8.80 Å². The molecule has 154 valence electrons. The van der Waals surface area contributed by atoms with Crippen molar-refractivity contribution in [3.63, 3.8) is 0 Å². The number of epoxide rings is 2. The summed E-state index contributed by atoms with van der Waals surface area (Å²) in [6, 6.07) is 0.796. The molecule has 0 amide bonds. The molecule has 0 spiro atoms. The summed E-state index contributed by atoms with van der Waals surface area (Å²) >= 11 is 0. The maximum Gasteiger partial charge on any atom is 0.501 e. The van der Waals surface area contributed by atoms with Crippen LogP contribution in [0.3, 0.4) is 0 Å². The molecule has 0 aliphatic carbocycles. The third-order valence-corrected chi connectivity index (χ3v) is 7.23. The van der Waals surface area contributed by atoms with Crippen molar-refractivity contribution in [2.24, 2.45) is 0 Å². The first-order valence-electron chi connectivity index (χ1n) is 10.1. The Labute approximate surface area is 158 Å². The van der Waals surface area contributed by atoms with Gasteiger partial charge in [0.15, 0.2) is 0 Å². The summed E-state index contributed by atoms with van der Waals surface area (Å²) in [7, 11) is -2.60. The van der Waals surface area contributed by atoms with E-state index in [2.05, 4.69) is 0 Å². The number of hydrogen-bond acceptors (Lipinski definition) is 7. The zero-order valence-corrected chi connectivity index (χ0v) is 17.4. The van der Waals surface area contributed by atoms with Crippen molar-refractivity contribution in [2.75, 3.05) is 59.5 Å². The number of rotatable bonds is 19. The minimum atomic E-state index is -2.60. The maximum atomic E-state index is 6.16. The Morgan fingerprint density at radius 3 is 1.81 bits per heavy atom. The summed E-state index contributed by atoms with van der Waals surface area (Å²) in [4.78, 5) is 0. The van der Waals surface area contributed by atoms with Crippen LogP contribution in [0.25, 0.3) is 0 Å². The van der Waals surface area contributed by atoms with Gasteiger partial charge < -0.3 is 32.2 Å². The standard InChI is InChI=1S/C18H36O7Si/c1-3-23-26(24-4-2,12-8-10-20-14-18-16-22-18)25-11-7-5-6-9-19-13-17-15-21-17/h17-18H,3-16H2,1-2H3. The van der Waals surface area contributed by atoms with Crippen LogP contribution in [0.15, 0.2) is 0 Å². The van der Waals surface area contributed by atoms with Crippen molar-refractivity contribution < 1.29 is 32.2 Å². The van der Waals surface area contributed by atoms with E-state index in [0.717, 1.165) is 58.2 Å². The fourth-order valence-electron chi connectivity index (χ4n) is 2.64. The summed E-state index contributed by atoms with van der Waals surface area (Å²) in [5.41, 5.74) is 0. The molecule has 26 heavy (non-hydrogen) atoms. The van der Waals surface area contributed by atoms with Gasteiger partial charge in [-0.1, -0.05) is 0 Å². The van der Waals surface area contributed by atoms with E-state index in [1.807, 2.05) is 13.8 Å². The van der Waals surface area contributed by atoms with Crippen LogP contribution in [0.1, 0.15) is 39.5 Å². The van der Waals surface area contributed by atoms with Crippen LogP contribution < -0.4 is 0 Å². The van der Waals surface area contributed by atoms with Gasteiger partial charge in [-0.05, 0) is 39.5 Å². The maximum absolute atomic E-state index is 6.16. The van der Waals surface area contributed by atoms with Crippen LogP contribution in [0.4, 0.5) is 0 Å². The Hall–Kier alpha value is -0.0631. The Morgan fingerprint density at radius 1 is 0.731 bits per heavy atom. The molecule has 2 saturated heterocycles. The van der Waals surface area contributed by atoms with Crippen molar-refractivity contribution in [3.8, 4) is 0 Å². The summed E-state index contributed by atoms with van der Waals surface area (Å²) in [5.74, 6) is 0. The molecule has 2 fully saturated rings. The average molecular weight is 393 g/mol. The van der Waals surface area contributed by atoms with E-state index in [9.17, 15) is 0 Å². The predicted octanol–water partition coefficient (Wildman–Crippen LogP) is 2.41. The third kappa shape index (κ3) is 10.3. The van der Waals surface area contributed by atoms with Crippen molar-refractivity contribution >= 4 is 8.80 Å². The molecule has 0 bridgehead atoms. The lowest BCUT2D eigenvalue weighted by Gasteiger charge is -2.29. The molecule has 2 aliphatic heterocycles. The Bertz CT molecular complexity index is 344. The largest absolute Gasteiger partial charge is 0.501 e. The first-order valence-corrected chi connectivity index (χ1v) is 12.0. The lowest BCUT2D eigenvalue weighted by molar-refractivity contribution is 0.0589. The Morgan fingerprint density at radius 2 is 1.27 bits per heavy atom. The molecule has 2 atom stereocenters. The highest BCUT2D eigenvalue weighted by Gasteiger charge is 2.40. The fraction of sp³-hybridized carbons (Fsp3) is 1.00. The summed E-state index contributed by atoms with van der Waals surface area (Å²) < 4.78 is 39.5. The zero-order valence-electron chi connectivity index (χ0n) is 16.4. The second-order valence-electron chi connectivity index (χ2n) is 6.62. The smallest absolute Gasteiger partial charge is 0.379 e. The fourth-order valence-corrected chi connectivity index (χ4v) is 5.24. The molecule has 2 rings (SSSR count). The minimum absolute atomic E-state index is 0.313. The molecule has 0 aromatic rings. The average Bonchev–Trinajstić information content (AvgIpc) is 3.52. The van der Waals surface area contributed by atoms with Crippen LogP contribution in [-0.4, -0.2) is 80.5 Å². The number of hydrogen-bond donors (Lipinski definition) is 0. The van der Waals surface area contributed by atoms with Gasteiger partial charge in [0.1, 0.15) is 12.2 Å². The number of unbranched alkanes of at least 4 members (excludes halogenated alkanes) is 2. The summed E-state index contributed by atoms with van der Waals surface area (Å²) in [6.07, 6.45) is 4.67. The zero-order chi connectivity index (χ0) is 18.5. The molecular weight excluding hydrogens is 356 g/mol. The lowest BCUT2D eigenvalue weighted by atomic mass is 10.2. The topological polar surface area (TPSA) is 71.2 Å². The van der Waals surface area contributed by atoms with Crippen LogP contribution >= 0.6 is 0 Å². The molecule has 2 unspecified atom stereocenters. The predicted molar refractivity (Wildman–Crippen MR) is 99.4 cm³/mol. The quantitative estimate of drug-likeness (QED) is 0.190. The SMILES string of the molecule is CCO[Si](CCCOCC1CO1)(OCC)OCCCCCOCC1CO1. The van der Waals surface area contributed by atoms with E-state index in [4.69, 9.17) is 32.2 Å². The van der Waals surface area contributed by atoms with Crippen molar-refractivity contribution in [2.45, 2.75) is 57.8 Å². The van der Waals surface area contributed by atoms with Gasteiger partial charge in [-0.25, -0.2) is 0 Å². The van der Waals surface area contributed by atoms with Crippen LogP contribution in [-0.2, 0) is 32.2 Å². The normalized spacial score (nSPS) is 21.9. The molecule has 0 N–H and O–H groups in total. The van der Waals surface area contributed by atoms with Crippen LogP contribution in [0, 0.1) is 0 Å². The number of ether oxygens (including phenoxy) is 4. The molecule has 0 radical (unpaired) electrons. The minimum Gasteiger partial charge on any atom is -0.379 e. The van der Waals surface area contributed by atoms with Gasteiger partial charge in [0.2, 0.25) is 0 Å². The molecule has 0 aromatic carbocycles. The first-order chi connectivity index (χ1) is 12.8. The van der Waals surface area contributed by atoms with Crippen molar-refractivity contribution in [1.82, 2.24) is 0 Å². The molecule has 8 heteroatoms. The van der Waals surface area contributed by atoms with E-state index in [1.54, 1.807) is 0 Å². The molecule has 2 aliphatic rings. The highest BCUT2D eigenvalue weighted by Crippen LogP contribution is 2.19. The third-order valence-electron chi connectivity index (χ3n) is 4.17. The van der Waals surface area contributed by atoms with Crippen molar-refractivity contribution in [1.29, 1.82) is 0 Å². The highest BCUT2D eigenvalue weighted by atomic mass is 28.4. The molecule has 2 heterocycles. The molecule has 0 saturated carbocycles. The van der Waals surface area contributed by atoms with Gasteiger partial charge in [0, 0.05) is 39.1 Å². The lowest BCUT2D eigenvalue weighted by Crippen LogP contribution is -2.46. The van der Waals surface area contributed by atoms with Gasteiger partial charge in [-0.15, -0.1) is 0 Å². The molecular formula is C18H36O7Si. The van der Waals surface area contributed by atoms with E-state index in [1.165, 1.54) is 0 Å². The van der Waals surface area contributed by atoms with E-state index < -0.39 is 8.80 Å². The second-order valence-corrected chi connectivity index (χ2v) is 9.35. The van der Waals surface area contributed by atoms with E-state index >= 15 is 0 Å². The van der Waals surface area contributed by atoms with E-state index in [0.29, 0.717) is 45.2 Å². The first kappa shape index (κ1) is 22.2. The second kappa shape index (κ2) is 13.2. The van der Waals surface area contributed by atoms with Crippen LogP contribution in [0.2, 0.25) is 6.04 Å². The van der Waals surface area contributed by atoms with E-state index in [-0.39, 0.29) is 0 Å². The van der Waals surface area contributed by atoms with Gasteiger partial charge in [0.25, 0.3) is 0 Å². The summed E-state index contributed by atoms with van der Waals surface area (Å²) in [6.45, 7) is 10.5. The van der Waals surface area contributed by atoms with Gasteiger partial charge in [-0.2, -0.15) is 0 Å². The Kier molecular flexibility index (Phi) is 11.3. The molecule has 7 nitrogen and oxygen atoms in total. The van der Waals surface area contributed by atoms with Crippen molar-refractivity contribution in [3.05, 3.63) is 0 Å². The Balaban J connectivity index is 1.54. The molecule has 0 aromatic heterocycles. The van der Waals surface area contributed by atoms with Crippen LogP contribution in [0.5, 0.6) is 0 Å². The summed E-state index contributed by atoms with van der Waals surface area (Å²) in [5, 5.41) is 0. The van der Waals surface area contributed by atoms with Gasteiger partial charge in [0.05, 0.1) is 26.4 Å². The monoisotopic (exact) mass is 392 g/mol. The van der Waals surface area contributed by atoms with Gasteiger partial charge in [-0.3, -0.25) is 0 Å².